The normalized spacial score (nSPS) is 26.4. The summed E-state index contributed by atoms with van der Waals surface area (Å²) in [6.45, 7) is 7.85. The lowest BCUT2D eigenvalue weighted by molar-refractivity contribution is 0.0372. The molecular formula is C24H38N4O2S. The molecular weight excluding hydrogens is 408 g/mol. The number of likely N-dealkylation sites (tertiary alicyclic amines) is 2. The third kappa shape index (κ3) is 6.01. The van der Waals surface area contributed by atoms with Crippen molar-refractivity contribution in [2.24, 2.45) is 16.3 Å². The van der Waals surface area contributed by atoms with E-state index in [4.69, 9.17) is 4.99 Å². The first-order chi connectivity index (χ1) is 14.9. The van der Waals surface area contributed by atoms with Crippen molar-refractivity contribution in [1.29, 1.82) is 0 Å². The van der Waals surface area contributed by atoms with Gasteiger partial charge in [0.25, 0.3) is 0 Å². The maximum absolute atomic E-state index is 11.8. The molecule has 0 spiro atoms. The fourth-order valence-corrected chi connectivity index (χ4v) is 6.96. The highest BCUT2D eigenvalue weighted by molar-refractivity contribution is 7.90. The second-order valence-corrected chi connectivity index (χ2v) is 12.0. The molecule has 1 aromatic carbocycles. The first-order valence-corrected chi connectivity index (χ1v) is 13.9. The van der Waals surface area contributed by atoms with Crippen LogP contribution < -0.4 is 5.32 Å². The summed E-state index contributed by atoms with van der Waals surface area (Å²) in [5.41, 5.74) is 1.28. The average Bonchev–Trinajstić information content (AvgIpc) is 3.49. The van der Waals surface area contributed by atoms with Gasteiger partial charge in [0.2, 0.25) is 0 Å². The molecule has 3 aliphatic rings. The number of fused-ring (bicyclic) bond motifs is 1. The summed E-state index contributed by atoms with van der Waals surface area (Å²) in [4.78, 5) is 10.0. The highest BCUT2D eigenvalue weighted by atomic mass is 32.2. The number of hydrogen-bond donors (Lipinski definition) is 1. The zero-order chi connectivity index (χ0) is 21.9. The molecule has 4 rings (SSSR count). The summed E-state index contributed by atoms with van der Waals surface area (Å²) in [6, 6.07) is 11.5. The van der Waals surface area contributed by atoms with E-state index in [1.54, 1.807) is 0 Å². The van der Waals surface area contributed by atoms with Crippen LogP contribution in [0, 0.1) is 11.3 Å². The number of guanidine groups is 1. The molecule has 6 nitrogen and oxygen atoms in total. The van der Waals surface area contributed by atoms with Crippen LogP contribution in [0.1, 0.15) is 44.6 Å². The standard InChI is InChI=1S/C24H38N4O2S/c1-3-25-23(26-18-24(12-13-24)19-31(2,29)30)28-15-11-22-21(17-28)10-7-14-27(22)16-20-8-5-4-6-9-20/h4-6,8-9,21-22H,3,7,10-19H2,1-2H3,(H,25,26). The Labute approximate surface area is 188 Å². The SMILES string of the molecule is CCNC(=NCC1(CS(C)(=O)=O)CC1)N1CCC2C(CCCN2Cc2ccccc2)C1. The van der Waals surface area contributed by atoms with Crippen molar-refractivity contribution in [2.45, 2.75) is 51.6 Å². The molecule has 0 bridgehead atoms. The van der Waals surface area contributed by atoms with Gasteiger partial charge in [0.15, 0.2) is 5.96 Å². The Morgan fingerprint density at radius 1 is 1.19 bits per heavy atom. The Kier molecular flexibility index (Phi) is 6.92. The molecule has 0 radical (unpaired) electrons. The molecule has 2 saturated heterocycles. The zero-order valence-corrected chi connectivity index (χ0v) is 19.9. The van der Waals surface area contributed by atoms with Crippen molar-refractivity contribution in [3.63, 3.8) is 0 Å². The molecule has 2 aliphatic heterocycles. The van der Waals surface area contributed by atoms with E-state index in [9.17, 15) is 8.42 Å². The molecule has 172 valence electrons. The minimum absolute atomic E-state index is 0.121. The number of aliphatic imine (C=N–C) groups is 1. The van der Waals surface area contributed by atoms with Crippen molar-refractivity contribution in [2.75, 3.05) is 44.7 Å². The van der Waals surface area contributed by atoms with Gasteiger partial charge in [-0.3, -0.25) is 9.89 Å². The highest BCUT2D eigenvalue weighted by Crippen LogP contribution is 2.47. The summed E-state index contributed by atoms with van der Waals surface area (Å²) in [5.74, 6) is 1.91. The van der Waals surface area contributed by atoms with E-state index in [0.717, 1.165) is 51.4 Å². The van der Waals surface area contributed by atoms with Crippen LogP contribution in [0.5, 0.6) is 0 Å². The van der Waals surface area contributed by atoms with Gasteiger partial charge in [0, 0.05) is 50.4 Å². The van der Waals surface area contributed by atoms with Gasteiger partial charge in [0.1, 0.15) is 9.84 Å². The number of hydrogen-bond acceptors (Lipinski definition) is 4. The van der Waals surface area contributed by atoms with E-state index < -0.39 is 9.84 Å². The van der Waals surface area contributed by atoms with Crippen LogP contribution in [0.4, 0.5) is 0 Å². The lowest BCUT2D eigenvalue weighted by Gasteiger charge is -2.48. The largest absolute Gasteiger partial charge is 0.357 e. The second kappa shape index (κ2) is 9.49. The first kappa shape index (κ1) is 22.6. The van der Waals surface area contributed by atoms with Crippen molar-refractivity contribution in [1.82, 2.24) is 15.1 Å². The molecule has 3 fully saturated rings. The predicted molar refractivity (Wildman–Crippen MR) is 127 cm³/mol. The van der Waals surface area contributed by atoms with Gasteiger partial charge in [-0.05, 0) is 57.1 Å². The van der Waals surface area contributed by atoms with Crippen molar-refractivity contribution < 1.29 is 8.42 Å². The van der Waals surface area contributed by atoms with Crippen LogP contribution in [-0.4, -0.2) is 75.0 Å². The summed E-state index contributed by atoms with van der Waals surface area (Å²) in [6.07, 6.45) is 6.99. The number of nitrogens with zero attached hydrogens (tertiary/aromatic N) is 3. The fraction of sp³-hybridized carbons (Fsp3) is 0.708. The number of sulfone groups is 1. The van der Waals surface area contributed by atoms with Crippen molar-refractivity contribution >= 4 is 15.8 Å². The van der Waals surface area contributed by atoms with Gasteiger partial charge in [-0.25, -0.2) is 8.42 Å². The first-order valence-electron chi connectivity index (χ1n) is 11.9. The highest BCUT2D eigenvalue weighted by Gasteiger charge is 2.45. The second-order valence-electron chi connectivity index (χ2n) is 9.90. The predicted octanol–water partition coefficient (Wildman–Crippen LogP) is 2.76. The lowest BCUT2D eigenvalue weighted by Crippen LogP contribution is -2.56. The molecule has 1 N–H and O–H groups in total. The minimum atomic E-state index is -2.96. The molecule has 1 saturated carbocycles. The molecule has 0 amide bonds. The monoisotopic (exact) mass is 446 g/mol. The maximum Gasteiger partial charge on any atom is 0.193 e. The van der Waals surface area contributed by atoms with Crippen LogP contribution in [-0.2, 0) is 16.4 Å². The number of piperidine rings is 2. The summed E-state index contributed by atoms with van der Waals surface area (Å²) in [5, 5.41) is 3.47. The summed E-state index contributed by atoms with van der Waals surface area (Å²) < 4.78 is 23.6. The molecule has 1 aromatic rings. The van der Waals surface area contributed by atoms with E-state index in [-0.39, 0.29) is 11.2 Å². The number of nitrogens with one attached hydrogen (secondary N) is 1. The molecule has 31 heavy (non-hydrogen) atoms. The van der Waals surface area contributed by atoms with Gasteiger partial charge < -0.3 is 10.2 Å². The van der Waals surface area contributed by atoms with E-state index >= 15 is 0 Å². The van der Waals surface area contributed by atoms with Crippen LogP contribution in [0.3, 0.4) is 0 Å². The zero-order valence-electron chi connectivity index (χ0n) is 19.1. The van der Waals surface area contributed by atoms with Crippen LogP contribution in [0.25, 0.3) is 0 Å². The molecule has 2 unspecified atom stereocenters. The summed E-state index contributed by atoms with van der Waals surface area (Å²) in [7, 11) is -2.96. The van der Waals surface area contributed by atoms with E-state index in [0.29, 0.717) is 18.5 Å². The van der Waals surface area contributed by atoms with Gasteiger partial charge in [-0.2, -0.15) is 0 Å². The Balaban J connectivity index is 1.40. The molecule has 2 atom stereocenters. The minimum Gasteiger partial charge on any atom is -0.357 e. The molecule has 7 heteroatoms. The smallest absolute Gasteiger partial charge is 0.193 e. The number of benzene rings is 1. The molecule has 0 aromatic heterocycles. The fourth-order valence-electron chi connectivity index (χ4n) is 5.46. The maximum atomic E-state index is 11.8. The van der Waals surface area contributed by atoms with Crippen molar-refractivity contribution in [3.8, 4) is 0 Å². The molecule has 1 aliphatic carbocycles. The van der Waals surface area contributed by atoms with Gasteiger partial charge >= 0.3 is 0 Å². The quantitative estimate of drug-likeness (QED) is 0.515. The average molecular weight is 447 g/mol. The van der Waals surface area contributed by atoms with Crippen molar-refractivity contribution in [3.05, 3.63) is 35.9 Å². The summed E-state index contributed by atoms with van der Waals surface area (Å²) >= 11 is 0. The van der Waals surface area contributed by atoms with E-state index in [1.165, 1.54) is 31.2 Å². The Morgan fingerprint density at radius 2 is 1.97 bits per heavy atom. The van der Waals surface area contributed by atoms with Crippen LogP contribution >= 0.6 is 0 Å². The van der Waals surface area contributed by atoms with Gasteiger partial charge in [-0.1, -0.05) is 30.3 Å². The van der Waals surface area contributed by atoms with Gasteiger partial charge in [0.05, 0.1) is 5.75 Å². The van der Waals surface area contributed by atoms with Crippen LogP contribution in [0.2, 0.25) is 0 Å². The third-order valence-electron chi connectivity index (χ3n) is 7.14. The van der Waals surface area contributed by atoms with Crippen LogP contribution in [0.15, 0.2) is 35.3 Å². The van der Waals surface area contributed by atoms with E-state index in [1.807, 2.05) is 0 Å². The topological polar surface area (TPSA) is 65.0 Å². The Hall–Kier alpha value is -1.60. The Bertz CT molecular complexity index is 867. The number of rotatable bonds is 7. The lowest BCUT2D eigenvalue weighted by atomic mass is 9.83. The van der Waals surface area contributed by atoms with E-state index in [2.05, 4.69) is 52.4 Å². The Morgan fingerprint density at radius 3 is 2.65 bits per heavy atom. The third-order valence-corrected chi connectivity index (χ3v) is 8.27. The molecule has 2 heterocycles. The van der Waals surface area contributed by atoms with Gasteiger partial charge in [-0.15, -0.1) is 0 Å².